The number of halogens is 1. The van der Waals surface area contributed by atoms with Crippen LogP contribution in [0.1, 0.15) is 71.3 Å². The van der Waals surface area contributed by atoms with E-state index in [-0.39, 0.29) is 18.4 Å². The van der Waals surface area contributed by atoms with E-state index in [1.807, 2.05) is 49.4 Å². The van der Waals surface area contributed by atoms with Gasteiger partial charge in [0.2, 0.25) is 5.91 Å². The Bertz CT molecular complexity index is 1690. The van der Waals surface area contributed by atoms with Gasteiger partial charge in [0.25, 0.3) is 0 Å². The van der Waals surface area contributed by atoms with Gasteiger partial charge in [0.05, 0.1) is 24.1 Å². The molecule has 2 atom stereocenters. The lowest BCUT2D eigenvalue weighted by atomic mass is 9.83. The summed E-state index contributed by atoms with van der Waals surface area (Å²) >= 11 is 6.39. The summed E-state index contributed by atoms with van der Waals surface area (Å²) in [6, 6.07) is 26.0. The lowest BCUT2D eigenvalue weighted by molar-refractivity contribution is -0.124. The normalized spacial score (nSPS) is 15.4. The average Bonchev–Trinajstić information content (AvgIpc) is 3.60. The average molecular weight is 566 g/mol. The van der Waals surface area contributed by atoms with Crippen molar-refractivity contribution in [1.29, 1.82) is 0 Å². The lowest BCUT2D eigenvalue weighted by Gasteiger charge is -2.26. The number of hydrogen-bond donors (Lipinski definition) is 2. The molecule has 41 heavy (non-hydrogen) atoms. The number of amides is 1. The molecular formula is C35H36ClN3O2. The predicted octanol–water partition coefficient (Wildman–Crippen LogP) is 7.47. The topological polar surface area (TPSA) is 66.6 Å². The van der Waals surface area contributed by atoms with Crippen molar-refractivity contribution in [3.63, 3.8) is 0 Å². The number of carbonyl (C=O) groups is 1. The molecule has 1 saturated carbocycles. The molecule has 0 spiro atoms. The number of nitrogens with zero attached hydrogens (tertiary/aromatic N) is 2. The molecule has 2 heterocycles. The summed E-state index contributed by atoms with van der Waals surface area (Å²) in [5, 5.41) is 15.1. The van der Waals surface area contributed by atoms with Crippen LogP contribution in [0, 0.1) is 19.8 Å². The van der Waals surface area contributed by atoms with Gasteiger partial charge in [0, 0.05) is 33.8 Å². The van der Waals surface area contributed by atoms with Crippen LogP contribution in [0.25, 0.3) is 16.6 Å². The summed E-state index contributed by atoms with van der Waals surface area (Å²) in [5.41, 5.74) is 8.44. The first-order valence-corrected chi connectivity index (χ1v) is 14.9. The summed E-state index contributed by atoms with van der Waals surface area (Å²) in [7, 11) is 0. The third kappa shape index (κ3) is 5.49. The SMILES string of the molecule is Cc1cc(C)n2c(n1)c(Cc1ccc([C@@H](C(=O)N[C@@H](CO)c3ccccc3)C3CCCC3)cc1)c1ccc(Cl)cc12. The Morgan fingerprint density at radius 2 is 1.73 bits per heavy atom. The number of aliphatic hydroxyl groups is 1. The number of rotatable bonds is 8. The molecule has 1 aliphatic rings. The largest absolute Gasteiger partial charge is 0.394 e. The Kier molecular flexibility index (Phi) is 7.83. The maximum absolute atomic E-state index is 13.8. The van der Waals surface area contributed by atoms with Crippen molar-refractivity contribution in [2.45, 2.75) is 57.9 Å². The molecule has 2 N–H and O–H groups in total. The molecule has 2 aromatic heterocycles. The van der Waals surface area contributed by atoms with E-state index >= 15 is 0 Å². The number of aryl methyl sites for hydroxylation is 2. The van der Waals surface area contributed by atoms with E-state index in [0.29, 0.717) is 10.9 Å². The first kappa shape index (κ1) is 27.5. The quantitative estimate of drug-likeness (QED) is 0.205. The van der Waals surface area contributed by atoms with Crippen molar-refractivity contribution in [3.8, 4) is 0 Å². The highest BCUT2D eigenvalue weighted by molar-refractivity contribution is 6.31. The fourth-order valence-electron chi connectivity index (χ4n) is 6.69. The summed E-state index contributed by atoms with van der Waals surface area (Å²) < 4.78 is 2.20. The van der Waals surface area contributed by atoms with E-state index in [9.17, 15) is 9.90 Å². The number of aliphatic hydroxyl groups excluding tert-OH is 1. The summed E-state index contributed by atoms with van der Waals surface area (Å²) in [6.45, 7) is 4.00. The lowest BCUT2D eigenvalue weighted by Crippen LogP contribution is -2.37. The number of hydrogen-bond acceptors (Lipinski definition) is 3. The molecule has 5 nitrogen and oxygen atoms in total. The zero-order valence-electron chi connectivity index (χ0n) is 23.6. The van der Waals surface area contributed by atoms with E-state index < -0.39 is 6.04 Å². The van der Waals surface area contributed by atoms with Gasteiger partial charge in [0.15, 0.2) is 0 Å². The fraction of sp³-hybridized carbons (Fsp3) is 0.314. The standard InChI is InChI=1S/C35H36ClN3O2/c1-22-18-23(2)39-32-20-28(36)16-17-29(32)30(34(39)37-22)19-24-12-14-27(15-13-24)33(26-10-6-7-11-26)35(41)38-31(21-40)25-8-4-3-5-9-25/h3-5,8-9,12-18,20,26,31,33,40H,6-7,10-11,19,21H2,1-2H3,(H,38,41)/t31-,33-/m0/s1. The maximum Gasteiger partial charge on any atom is 0.228 e. The maximum atomic E-state index is 13.8. The summed E-state index contributed by atoms with van der Waals surface area (Å²) in [6.07, 6.45) is 5.12. The highest BCUT2D eigenvalue weighted by Gasteiger charge is 2.33. The molecule has 1 aliphatic carbocycles. The van der Waals surface area contributed by atoms with E-state index in [1.165, 1.54) is 11.1 Å². The van der Waals surface area contributed by atoms with Gasteiger partial charge in [0.1, 0.15) is 5.65 Å². The van der Waals surface area contributed by atoms with Gasteiger partial charge in [-0.15, -0.1) is 0 Å². The second-order valence-corrected chi connectivity index (χ2v) is 11.9. The van der Waals surface area contributed by atoms with Crippen LogP contribution in [0.4, 0.5) is 0 Å². The molecule has 3 aromatic carbocycles. The Morgan fingerprint density at radius 1 is 1.00 bits per heavy atom. The first-order valence-electron chi connectivity index (χ1n) is 14.5. The minimum atomic E-state index is -0.420. The van der Waals surface area contributed by atoms with Gasteiger partial charge >= 0.3 is 0 Å². The Morgan fingerprint density at radius 3 is 2.44 bits per heavy atom. The zero-order chi connectivity index (χ0) is 28.5. The number of benzene rings is 3. The van der Waals surface area contributed by atoms with Gasteiger partial charge in [-0.2, -0.15) is 0 Å². The van der Waals surface area contributed by atoms with Crippen LogP contribution < -0.4 is 5.32 Å². The second kappa shape index (κ2) is 11.7. The number of carbonyl (C=O) groups excluding carboxylic acids is 1. The first-order chi connectivity index (χ1) is 19.9. The third-order valence-electron chi connectivity index (χ3n) is 8.63. The molecule has 0 saturated heterocycles. The van der Waals surface area contributed by atoms with Crippen LogP contribution in [0.2, 0.25) is 5.02 Å². The molecule has 0 aliphatic heterocycles. The Labute approximate surface area is 246 Å². The van der Waals surface area contributed by atoms with Crippen molar-refractivity contribution in [1.82, 2.24) is 14.7 Å². The number of nitrogens with one attached hydrogen (secondary N) is 1. The van der Waals surface area contributed by atoms with E-state index in [2.05, 4.69) is 53.0 Å². The van der Waals surface area contributed by atoms with Gasteiger partial charge in [-0.3, -0.25) is 9.20 Å². The van der Waals surface area contributed by atoms with E-state index in [4.69, 9.17) is 16.6 Å². The molecule has 1 fully saturated rings. The Hall–Kier alpha value is -3.67. The van der Waals surface area contributed by atoms with Crippen molar-refractivity contribution in [3.05, 3.63) is 118 Å². The van der Waals surface area contributed by atoms with E-state index in [0.717, 1.165) is 71.2 Å². The van der Waals surface area contributed by atoms with Crippen LogP contribution >= 0.6 is 11.6 Å². The van der Waals surface area contributed by atoms with Crippen LogP contribution in [0.15, 0.2) is 78.9 Å². The smallest absolute Gasteiger partial charge is 0.228 e. The van der Waals surface area contributed by atoms with Gasteiger partial charge in [-0.25, -0.2) is 4.98 Å². The molecule has 0 bridgehead atoms. The van der Waals surface area contributed by atoms with E-state index in [1.54, 1.807) is 0 Å². The molecular weight excluding hydrogens is 530 g/mol. The Balaban J connectivity index is 1.31. The van der Waals surface area contributed by atoms with Crippen LogP contribution in [0.5, 0.6) is 0 Å². The minimum Gasteiger partial charge on any atom is -0.394 e. The van der Waals surface area contributed by atoms with Crippen molar-refractivity contribution >= 4 is 34.1 Å². The zero-order valence-corrected chi connectivity index (χ0v) is 24.4. The summed E-state index contributed by atoms with van der Waals surface area (Å²) in [5.74, 6) is 0.0498. The number of fused-ring (bicyclic) bond motifs is 3. The molecule has 6 rings (SSSR count). The van der Waals surface area contributed by atoms with Crippen molar-refractivity contribution in [2.75, 3.05) is 6.61 Å². The molecule has 0 unspecified atom stereocenters. The van der Waals surface area contributed by atoms with Gasteiger partial charge in [-0.05, 0) is 67.5 Å². The van der Waals surface area contributed by atoms with Crippen LogP contribution in [-0.2, 0) is 11.2 Å². The molecule has 1 amide bonds. The van der Waals surface area contributed by atoms with Crippen molar-refractivity contribution < 1.29 is 9.90 Å². The van der Waals surface area contributed by atoms with Crippen LogP contribution in [0.3, 0.4) is 0 Å². The third-order valence-corrected chi connectivity index (χ3v) is 8.87. The molecule has 5 aromatic rings. The molecule has 0 radical (unpaired) electrons. The minimum absolute atomic E-state index is 0.0102. The molecule has 210 valence electrons. The predicted molar refractivity (Wildman–Crippen MR) is 166 cm³/mol. The van der Waals surface area contributed by atoms with Gasteiger partial charge < -0.3 is 10.4 Å². The second-order valence-electron chi connectivity index (χ2n) is 11.4. The van der Waals surface area contributed by atoms with Crippen molar-refractivity contribution in [2.24, 2.45) is 5.92 Å². The highest BCUT2D eigenvalue weighted by Crippen LogP contribution is 2.38. The monoisotopic (exact) mass is 565 g/mol. The summed E-state index contributed by atoms with van der Waals surface area (Å²) in [4.78, 5) is 18.7. The molecule has 6 heteroatoms. The van der Waals surface area contributed by atoms with Crippen LogP contribution in [-0.4, -0.2) is 27.0 Å². The van der Waals surface area contributed by atoms with Gasteiger partial charge in [-0.1, -0.05) is 85.1 Å². The number of aromatic nitrogens is 2. The fourth-order valence-corrected chi connectivity index (χ4v) is 6.85. The highest BCUT2D eigenvalue weighted by atomic mass is 35.5.